The van der Waals surface area contributed by atoms with Crippen molar-refractivity contribution in [3.05, 3.63) is 63.3 Å². The van der Waals surface area contributed by atoms with Gasteiger partial charge in [-0.3, -0.25) is 0 Å². The minimum atomic E-state index is 0.950. The molecule has 0 spiro atoms. The first-order valence-electron chi connectivity index (χ1n) is 5.47. The number of hydrogen-bond acceptors (Lipinski definition) is 1. The maximum atomic E-state index is 4.69. The van der Waals surface area contributed by atoms with E-state index >= 15 is 0 Å². The third kappa shape index (κ3) is 2.75. The Hall–Kier alpha value is -1.16. The van der Waals surface area contributed by atoms with E-state index in [1.54, 1.807) is 0 Å². The van der Waals surface area contributed by atoms with Gasteiger partial charge in [0.2, 0.25) is 0 Å². The van der Waals surface area contributed by atoms with Crippen LogP contribution in [0.5, 0.6) is 0 Å². The Balaban J connectivity index is 2.46. The average Bonchev–Trinajstić information content (AvgIpc) is 2.30. The maximum Gasteiger partial charge on any atom is 0.0713 e. The first-order valence-corrected chi connectivity index (χ1v) is 6.55. The molecule has 17 heavy (non-hydrogen) atoms. The summed E-state index contributed by atoms with van der Waals surface area (Å²) in [6, 6.07) is 6.19. The van der Waals surface area contributed by atoms with Gasteiger partial charge in [-0.1, -0.05) is 24.8 Å². The van der Waals surface area contributed by atoms with Crippen LogP contribution in [-0.4, -0.2) is 5.71 Å². The number of halogens is 1. The Morgan fingerprint density at radius 1 is 1.18 bits per heavy atom. The van der Waals surface area contributed by atoms with Crippen LogP contribution < -0.4 is 0 Å². The van der Waals surface area contributed by atoms with Crippen LogP contribution in [0.25, 0.3) is 0 Å². The first kappa shape index (κ1) is 12.3. The van der Waals surface area contributed by atoms with E-state index in [1.807, 2.05) is 24.3 Å². The molecule has 0 N–H and O–H groups in total. The van der Waals surface area contributed by atoms with Gasteiger partial charge in [0.05, 0.1) is 11.4 Å². The smallest absolute Gasteiger partial charge is 0.0713 e. The van der Waals surface area contributed by atoms with Crippen LogP contribution in [0.1, 0.15) is 11.1 Å². The van der Waals surface area contributed by atoms with Crippen molar-refractivity contribution in [1.29, 1.82) is 0 Å². The fraction of sp³-hybridized carbons (Fsp3) is 0.133. The second kappa shape index (κ2) is 5.00. The van der Waals surface area contributed by atoms with Crippen LogP contribution in [0.2, 0.25) is 0 Å². The van der Waals surface area contributed by atoms with Gasteiger partial charge < -0.3 is 0 Å². The van der Waals surface area contributed by atoms with Gasteiger partial charge in [-0.25, -0.2) is 4.99 Å². The molecule has 2 heteroatoms. The lowest BCUT2D eigenvalue weighted by Crippen LogP contribution is -1.99. The van der Waals surface area contributed by atoms with Crippen molar-refractivity contribution < 1.29 is 0 Å². The summed E-state index contributed by atoms with van der Waals surface area (Å²) in [4.78, 5) is 4.69. The average molecular weight is 335 g/mol. The number of nitrogens with zero attached hydrogens (tertiary/aromatic N) is 1. The van der Waals surface area contributed by atoms with E-state index in [1.165, 1.54) is 14.7 Å². The van der Waals surface area contributed by atoms with Crippen LogP contribution in [0.4, 0.5) is 5.69 Å². The van der Waals surface area contributed by atoms with Crippen LogP contribution in [0, 0.1) is 13.8 Å². The highest BCUT2D eigenvalue weighted by molar-refractivity contribution is 14.1. The summed E-state index contributed by atoms with van der Waals surface area (Å²) in [5.41, 5.74) is 5.43. The van der Waals surface area contributed by atoms with E-state index in [0.717, 1.165) is 17.0 Å². The van der Waals surface area contributed by atoms with Crippen molar-refractivity contribution in [2.24, 2.45) is 4.99 Å². The van der Waals surface area contributed by atoms with E-state index in [9.17, 15) is 0 Å². The molecule has 1 nitrogen and oxygen atoms in total. The van der Waals surface area contributed by atoms with Crippen molar-refractivity contribution in [1.82, 2.24) is 0 Å². The zero-order valence-corrected chi connectivity index (χ0v) is 12.2. The molecule has 0 atom stereocenters. The molecule has 0 saturated heterocycles. The highest BCUT2D eigenvalue weighted by atomic mass is 127. The van der Waals surface area contributed by atoms with E-state index in [2.05, 4.69) is 55.2 Å². The molecule has 1 aliphatic rings. The summed E-state index contributed by atoms with van der Waals surface area (Å²) < 4.78 is 1.18. The van der Waals surface area contributed by atoms with Gasteiger partial charge in [-0.05, 0) is 71.4 Å². The molecule has 1 aromatic rings. The number of hydrogen-bond donors (Lipinski definition) is 0. The molecule has 1 aromatic carbocycles. The Morgan fingerprint density at radius 3 is 2.71 bits per heavy atom. The largest absolute Gasteiger partial charge is 0.248 e. The number of benzene rings is 1. The van der Waals surface area contributed by atoms with Crippen LogP contribution >= 0.6 is 22.6 Å². The molecule has 2 rings (SSSR count). The zero-order valence-electron chi connectivity index (χ0n) is 10.00. The molecule has 0 fully saturated rings. The molecule has 86 valence electrons. The van der Waals surface area contributed by atoms with Crippen molar-refractivity contribution in [2.45, 2.75) is 13.8 Å². The molecule has 0 aromatic heterocycles. The second-order valence-electron chi connectivity index (χ2n) is 4.10. The number of allylic oxidation sites excluding steroid dienone is 5. The molecule has 1 aliphatic carbocycles. The summed E-state index contributed by atoms with van der Waals surface area (Å²) in [7, 11) is 0. The minimum Gasteiger partial charge on any atom is -0.248 e. The molecule has 0 radical (unpaired) electrons. The monoisotopic (exact) mass is 335 g/mol. The van der Waals surface area contributed by atoms with Crippen LogP contribution in [0.3, 0.4) is 0 Å². The number of aryl methyl sites for hydroxylation is 1. The highest BCUT2D eigenvalue weighted by Gasteiger charge is 2.06. The molecular weight excluding hydrogens is 321 g/mol. The van der Waals surface area contributed by atoms with Gasteiger partial charge in [-0.15, -0.1) is 0 Å². The lowest BCUT2D eigenvalue weighted by molar-refractivity contribution is 1.31. The Kier molecular flexibility index (Phi) is 3.62. The predicted molar refractivity (Wildman–Crippen MR) is 83.4 cm³/mol. The fourth-order valence-corrected chi connectivity index (χ4v) is 2.10. The van der Waals surface area contributed by atoms with E-state index in [0.29, 0.717) is 0 Å². The van der Waals surface area contributed by atoms with Gasteiger partial charge in [0.1, 0.15) is 0 Å². The van der Waals surface area contributed by atoms with Crippen LogP contribution in [0.15, 0.2) is 57.2 Å². The molecular formula is C15H14IN. The Labute approximate surface area is 116 Å². The number of aliphatic imine (C=N–C) groups is 1. The third-order valence-electron chi connectivity index (χ3n) is 2.86. The number of rotatable bonds is 1. The SMILES string of the molecule is C=C1C=CC(I)=C/C1=N/c1cccc(C)c1C. The molecule has 0 saturated carbocycles. The van der Waals surface area contributed by atoms with Crippen molar-refractivity contribution in [2.75, 3.05) is 0 Å². The van der Waals surface area contributed by atoms with Gasteiger partial charge in [0, 0.05) is 3.58 Å². The fourth-order valence-electron chi connectivity index (χ4n) is 1.63. The quantitative estimate of drug-likeness (QED) is 0.653. The molecule has 0 amide bonds. The second-order valence-corrected chi connectivity index (χ2v) is 5.35. The molecule has 0 bridgehead atoms. The van der Waals surface area contributed by atoms with E-state index in [-0.39, 0.29) is 0 Å². The first-order chi connectivity index (χ1) is 8.08. The van der Waals surface area contributed by atoms with Gasteiger partial charge in [0.15, 0.2) is 0 Å². The normalized spacial score (nSPS) is 17.5. The molecule has 0 aliphatic heterocycles. The third-order valence-corrected chi connectivity index (χ3v) is 3.54. The van der Waals surface area contributed by atoms with Gasteiger partial charge >= 0.3 is 0 Å². The highest BCUT2D eigenvalue weighted by Crippen LogP contribution is 2.25. The van der Waals surface area contributed by atoms with Crippen molar-refractivity contribution in [3.63, 3.8) is 0 Å². The Morgan fingerprint density at radius 2 is 1.94 bits per heavy atom. The summed E-state index contributed by atoms with van der Waals surface area (Å²) in [5, 5.41) is 0. The zero-order chi connectivity index (χ0) is 12.4. The van der Waals surface area contributed by atoms with E-state index < -0.39 is 0 Å². The minimum absolute atomic E-state index is 0.950. The summed E-state index contributed by atoms with van der Waals surface area (Å²) in [6.07, 6.45) is 6.11. The summed E-state index contributed by atoms with van der Waals surface area (Å²) in [5.74, 6) is 0. The topological polar surface area (TPSA) is 12.4 Å². The van der Waals surface area contributed by atoms with Gasteiger partial charge in [0.25, 0.3) is 0 Å². The van der Waals surface area contributed by atoms with Crippen LogP contribution in [-0.2, 0) is 0 Å². The summed E-state index contributed by atoms with van der Waals surface area (Å²) in [6.45, 7) is 8.22. The van der Waals surface area contributed by atoms with E-state index in [4.69, 9.17) is 4.99 Å². The van der Waals surface area contributed by atoms with Crippen molar-refractivity contribution in [3.8, 4) is 0 Å². The predicted octanol–water partition coefficient (Wildman–Crippen LogP) is 4.82. The van der Waals surface area contributed by atoms with Crippen molar-refractivity contribution >= 4 is 34.0 Å². The summed E-state index contributed by atoms with van der Waals surface area (Å²) >= 11 is 2.29. The lowest BCUT2D eigenvalue weighted by Gasteiger charge is -2.09. The lowest BCUT2D eigenvalue weighted by atomic mass is 10.1. The maximum absolute atomic E-state index is 4.69. The molecule has 0 heterocycles. The van der Waals surface area contributed by atoms with Gasteiger partial charge in [-0.2, -0.15) is 0 Å². The standard InChI is InChI=1S/C15H14IN/c1-10-5-4-6-14(12(10)3)17-15-9-13(16)8-7-11(15)2/h4-9H,2H2,1,3H3/b17-15-. The Bertz CT molecular complexity index is 562. The molecule has 0 unspecified atom stereocenters.